The molecule has 0 unspecified atom stereocenters. The van der Waals surface area contributed by atoms with Crippen LogP contribution in [0.15, 0.2) is 0 Å². The number of aryl methyl sites for hydroxylation is 2. The lowest BCUT2D eigenvalue weighted by Gasteiger charge is -2.08. The lowest BCUT2D eigenvalue weighted by atomic mass is 10.1. The summed E-state index contributed by atoms with van der Waals surface area (Å²) in [6, 6.07) is 0. The third-order valence-corrected chi connectivity index (χ3v) is 3.71. The molecule has 0 saturated heterocycles. The average Bonchev–Trinajstić information content (AvgIpc) is 2.91. The zero-order valence-corrected chi connectivity index (χ0v) is 10.3. The molecular weight excluding hydrogens is 214 g/mol. The van der Waals surface area contributed by atoms with Crippen molar-refractivity contribution in [2.24, 2.45) is 7.05 Å². The molecule has 0 atom stereocenters. The van der Waals surface area contributed by atoms with Crippen molar-refractivity contribution >= 4 is 17.0 Å². The van der Waals surface area contributed by atoms with E-state index >= 15 is 0 Å². The number of nitrogens with zero attached hydrogens (tertiary/aromatic N) is 4. The van der Waals surface area contributed by atoms with Gasteiger partial charge in [-0.2, -0.15) is 0 Å². The molecule has 5 nitrogen and oxygen atoms in total. The van der Waals surface area contributed by atoms with Gasteiger partial charge >= 0.3 is 0 Å². The SMILES string of the molecule is Cc1nc2c(N)nc(C3CCCC3)nc2n1C. The van der Waals surface area contributed by atoms with Gasteiger partial charge in [0.2, 0.25) is 0 Å². The molecule has 2 heterocycles. The molecule has 3 rings (SSSR count). The Morgan fingerprint density at radius 1 is 1.18 bits per heavy atom. The van der Waals surface area contributed by atoms with Gasteiger partial charge in [0, 0.05) is 13.0 Å². The van der Waals surface area contributed by atoms with Gasteiger partial charge in [-0.15, -0.1) is 0 Å². The van der Waals surface area contributed by atoms with Gasteiger partial charge in [0.05, 0.1) is 0 Å². The van der Waals surface area contributed by atoms with Gasteiger partial charge < -0.3 is 10.3 Å². The van der Waals surface area contributed by atoms with Gasteiger partial charge in [-0.1, -0.05) is 12.8 Å². The highest BCUT2D eigenvalue weighted by atomic mass is 15.1. The van der Waals surface area contributed by atoms with Crippen molar-refractivity contribution in [3.63, 3.8) is 0 Å². The van der Waals surface area contributed by atoms with Crippen LogP contribution < -0.4 is 5.73 Å². The maximum Gasteiger partial charge on any atom is 0.165 e. The molecule has 2 aromatic heterocycles. The maximum absolute atomic E-state index is 5.98. The van der Waals surface area contributed by atoms with Gasteiger partial charge in [0.25, 0.3) is 0 Å². The minimum Gasteiger partial charge on any atom is -0.382 e. The molecule has 0 bridgehead atoms. The highest BCUT2D eigenvalue weighted by Crippen LogP contribution is 2.33. The van der Waals surface area contributed by atoms with E-state index in [2.05, 4.69) is 15.0 Å². The van der Waals surface area contributed by atoms with Crippen molar-refractivity contribution in [1.29, 1.82) is 0 Å². The van der Waals surface area contributed by atoms with Gasteiger partial charge in [-0.3, -0.25) is 0 Å². The Morgan fingerprint density at radius 3 is 2.59 bits per heavy atom. The van der Waals surface area contributed by atoms with E-state index in [1.165, 1.54) is 25.7 Å². The summed E-state index contributed by atoms with van der Waals surface area (Å²) in [6.07, 6.45) is 4.91. The van der Waals surface area contributed by atoms with E-state index in [0.29, 0.717) is 11.7 Å². The van der Waals surface area contributed by atoms with Gasteiger partial charge in [0.15, 0.2) is 17.0 Å². The van der Waals surface area contributed by atoms with E-state index in [1.54, 1.807) is 0 Å². The van der Waals surface area contributed by atoms with Crippen molar-refractivity contribution in [3.05, 3.63) is 11.6 Å². The van der Waals surface area contributed by atoms with Gasteiger partial charge in [0.1, 0.15) is 11.6 Å². The highest BCUT2D eigenvalue weighted by Gasteiger charge is 2.22. The second kappa shape index (κ2) is 3.68. The van der Waals surface area contributed by atoms with E-state index in [-0.39, 0.29) is 0 Å². The second-order valence-corrected chi connectivity index (χ2v) is 4.84. The van der Waals surface area contributed by atoms with Crippen LogP contribution in [0.1, 0.15) is 43.3 Å². The smallest absolute Gasteiger partial charge is 0.165 e. The summed E-state index contributed by atoms with van der Waals surface area (Å²) >= 11 is 0. The first kappa shape index (κ1) is 10.5. The molecule has 0 aliphatic heterocycles. The monoisotopic (exact) mass is 231 g/mol. The number of nitrogen functional groups attached to an aromatic ring is 1. The fourth-order valence-electron chi connectivity index (χ4n) is 2.58. The Labute approximate surface area is 100 Å². The first-order valence-electron chi connectivity index (χ1n) is 6.13. The molecule has 90 valence electrons. The molecule has 17 heavy (non-hydrogen) atoms. The lowest BCUT2D eigenvalue weighted by molar-refractivity contribution is 0.671. The Kier molecular flexibility index (Phi) is 2.28. The largest absolute Gasteiger partial charge is 0.382 e. The molecule has 5 heteroatoms. The summed E-state index contributed by atoms with van der Waals surface area (Å²) in [7, 11) is 1.97. The van der Waals surface area contributed by atoms with Crippen LogP contribution in [0.2, 0.25) is 0 Å². The summed E-state index contributed by atoms with van der Waals surface area (Å²) in [5.74, 6) is 2.82. The normalized spacial score (nSPS) is 17.1. The van der Waals surface area contributed by atoms with Crippen LogP contribution in [0, 0.1) is 6.92 Å². The Bertz CT molecular complexity index is 566. The van der Waals surface area contributed by atoms with Crippen molar-refractivity contribution < 1.29 is 0 Å². The molecule has 0 aromatic carbocycles. The molecule has 1 aliphatic carbocycles. The second-order valence-electron chi connectivity index (χ2n) is 4.84. The fraction of sp³-hybridized carbons (Fsp3) is 0.583. The third-order valence-electron chi connectivity index (χ3n) is 3.71. The fourth-order valence-corrected chi connectivity index (χ4v) is 2.58. The van der Waals surface area contributed by atoms with Crippen LogP contribution in [0.3, 0.4) is 0 Å². The van der Waals surface area contributed by atoms with Crippen LogP contribution in [0.5, 0.6) is 0 Å². The van der Waals surface area contributed by atoms with E-state index in [0.717, 1.165) is 22.8 Å². The zero-order valence-electron chi connectivity index (χ0n) is 10.3. The van der Waals surface area contributed by atoms with E-state index < -0.39 is 0 Å². The quantitative estimate of drug-likeness (QED) is 0.814. The van der Waals surface area contributed by atoms with Crippen LogP contribution in [-0.2, 0) is 7.05 Å². The molecule has 0 amide bonds. The first-order chi connectivity index (χ1) is 8.16. The number of fused-ring (bicyclic) bond motifs is 1. The number of nitrogens with two attached hydrogens (primary N) is 1. The van der Waals surface area contributed by atoms with Crippen molar-refractivity contribution in [1.82, 2.24) is 19.5 Å². The van der Waals surface area contributed by atoms with Gasteiger partial charge in [-0.05, 0) is 19.8 Å². The number of imidazole rings is 1. The summed E-state index contributed by atoms with van der Waals surface area (Å²) in [5.41, 5.74) is 7.57. The zero-order chi connectivity index (χ0) is 12.0. The van der Waals surface area contributed by atoms with E-state index in [9.17, 15) is 0 Å². The van der Waals surface area contributed by atoms with Gasteiger partial charge in [-0.25, -0.2) is 15.0 Å². The number of aromatic nitrogens is 4. The summed E-state index contributed by atoms with van der Waals surface area (Å²) < 4.78 is 1.98. The van der Waals surface area contributed by atoms with Crippen LogP contribution in [-0.4, -0.2) is 19.5 Å². The van der Waals surface area contributed by atoms with E-state index in [1.807, 2.05) is 18.5 Å². The van der Waals surface area contributed by atoms with E-state index in [4.69, 9.17) is 5.73 Å². The molecule has 1 aliphatic rings. The van der Waals surface area contributed by atoms with Crippen molar-refractivity contribution in [2.45, 2.75) is 38.5 Å². The molecule has 1 saturated carbocycles. The number of rotatable bonds is 1. The predicted octanol–water partition coefficient (Wildman–Crippen LogP) is 1.91. The minimum atomic E-state index is 0.483. The first-order valence-corrected chi connectivity index (χ1v) is 6.13. The number of hydrogen-bond acceptors (Lipinski definition) is 4. The summed E-state index contributed by atoms with van der Waals surface area (Å²) in [5, 5.41) is 0. The Hall–Kier alpha value is -1.65. The number of anilines is 1. The lowest BCUT2D eigenvalue weighted by Crippen LogP contribution is -2.05. The topological polar surface area (TPSA) is 69.6 Å². The highest BCUT2D eigenvalue weighted by molar-refractivity contribution is 5.82. The Balaban J connectivity index is 2.18. The number of hydrogen-bond donors (Lipinski definition) is 1. The molecule has 1 fully saturated rings. The molecule has 0 spiro atoms. The predicted molar refractivity (Wildman–Crippen MR) is 66.7 cm³/mol. The molecule has 2 aromatic rings. The van der Waals surface area contributed by atoms with Crippen LogP contribution in [0.4, 0.5) is 5.82 Å². The van der Waals surface area contributed by atoms with Crippen molar-refractivity contribution in [3.8, 4) is 0 Å². The molecule has 2 N–H and O–H groups in total. The Morgan fingerprint density at radius 2 is 1.88 bits per heavy atom. The summed E-state index contributed by atoms with van der Waals surface area (Å²) in [6.45, 7) is 1.95. The third kappa shape index (κ3) is 1.57. The standard InChI is InChI=1S/C12H17N5/c1-7-14-9-10(13)15-11(8-5-3-4-6-8)16-12(9)17(7)2/h8H,3-6H2,1-2H3,(H2,13,15,16). The average molecular weight is 231 g/mol. The minimum absolute atomic E-state index is 0.483. The molecule has 0 radical (unpaired) electrons. The van der Waals surface area contributed by atoms with Crippen LogP contribution >= 0.6 is 0 Å². The maximum atomic E-state index is 5.98. The summed E-state index contributed by atoms with van der Waals surface area (Å²) in [4.78, 5) is 13.5. The molecular formula is C12H17N5. The van der Waals surface area contributed by atoms with Crippen molar-refractivity contribution in [2.75, 3.05) is 5.73 Å². The van der Waals surface area contributed by atoms with Crippen LogP contribution in [0.25, 0.3) is 11.2 Å².